The van der Waals surface area contributed by atoms with Gasteiger partial charge in [0, 0.05) is 12.5 Å². The Labute approximate surface area is 87.4 Å². The average molecular weight is 214 g/mol. The summed E-state index contributed by atoms with van der Waals surface area (Å²) in [6, 6.07) is 1.70. The SMILES string of the molecule is CSCCCC(=O)Nc1cc(C)on1. The number of rotatable bonds is 5. The van der Waals surface area contributed by atoms with Crippen LogP contribution in [0.3, 0.4) is 0 Å². The zero-order valence-electron chi connectivity index (χ0n) is 8.37. The van der Waals surface area contributed by atoms with Crippen molar-refractivity contribution in [2.24, 2.45) is 0 Å². The van der Waals surface area contributed by atoms with Gasteiger partial charge in [-0.25, -0.2) is 0 Å². The van der Waals surface area contributed by atoms with Crippen molar-refractivity contribution in [3.63, 3.8) is 0 Å². The maximum Gasteiger partial charge on any atom is 0.225 e. The Morgan fingerprint density at radius 3 is 3.07 bits per heavy atom. The molecule has 0 aliphatic heterocycles. The van der Waals surface area contributed by atoms with Gasteiger partial charge in [-0.2, -0.15) is 11.8 Å². The van der Waals surface area contributed by atoms with Gasteiger partial charge in [-0.15, -0.1) is 0 Å². The molecule has 1 aromatic rings. The molecule has 0 atom stereocenters. The molecule has 78 valence electrons. The lowest BCUT2D eigenvalue weighted by atomic mass is 10.3. The van der Waals surface area contributed by atoms with Crippen LogP contribution in [0.5, 0.6) is 0 Å². The Kier molecular flexibility index (Phi) is 4.52. The van der Waals surface area contributed by atoms with Gasteiger partial charge in [0.2, 0.25) is 5.91 Å². The number of nitrogens with zero attached hydrogens (tertiary/aromatic N) is 1. The first-order chi connectivity index (χ1) is 6.72. The Hall–Kier alpha value is -0.970. The van der Waals surface area contributed by atoms with E-state index in [0.29, 0.717) is 18.0 Å². The molecule has 0 aliphatic rings. The van der Waals surface area contributed by atoms with Gasteiger partial charge in [-0.1, -0.05) is 5.16 Å². The van der Waals surface area contributed by atoms with Gasteiger partial charge in [0.25, 0.3) is 0 Å². The molecule has 14 heavy (non-hydrogen) atoms. The summed E-state index contributed by atoms with van der Waals surface area (Å²) in [4.78, 5) is 11.3. The molecule has 1 heterocycles. The van der Waals surface area contributed by atoms with E-state index in [1.165, 1.54) is 0 Å². The molecular formula is C9H14N2O2S. The monoisotopic (exact) mass is 214 g/mol. The van der Waals surface area contributed by atoms with E-state index in [2.05, 4.69) is 10.5 Å². The molecule has 0 radical (unpaired) electrons. The van der Waals surface area contributed by atoms with E-state index in [0.717, 1.165) is 12.2 Å². The van der Waals surface area contributed by atoms with Crippen molar-refractivity contribution < 1.29 is 9.32 Å². The highest BCUT2D eigenvalue weighted by molar-refractivity contribution is 7.98. The van der Waals surface area contributed by atoms with Gasteiger partial charge in [0.1, 0.15) is 5.76 Å². The predicted octanol–water partition coefficient (Wildman–Crippen LogP) is 2.06. The highest BCUT2D eigenvalue weighted by Crippen LogP contribution is 2.08. The predicted molar refractivity (Wildman–Crippen MR) is 57.5 cm³/mol. The maximum absolute atomic E-state index is 11.3. The molecule has 1 aromatic heterocycles. The lowest BCUT2D eigenvalue weighted by Crippen LogP contribution is -2.11. The third kappa shape index (κ3) is 3.83. The van der Waals surface area contributed by atoms with Gasteiger partial charge in [-0.3, -0.25) is 4.79 Å². The van der Waals surface area contributed by atoms with Crippen molar-refractivity contribution in [2.45, 2.75) is 19.8 Å². The fraction of sp³-hybridized carbons (Fsp3) is 0.556. The van der Waals surface area contributed by atoms with E-state index in [1.807, 2.05) is 6.26 Å². The fourth-order valence-corrected chi connectivity index (χ4v) is 1.44. The number of aryl methyl sites for hydroxylation is 1. The molecule has 4 nitrogen and oxygen atoms in total. The van der Waals surface area contributed by atoms with Gasteiger partial charge < -0.3 is 9.84 Å². The number of nitrogens with one attached hydrogen (secondary N) is 1. The van der Waals surface area contributed by atoms with E-state index in [4.69, 9.17) is 4.52 Å². The Morgan fingerprint density at radius 2 is 2.50 bits per heavy atom. The molecule has 0 saturated heterocycles. The van der Waals surface area contributed by atoms with Crippen molar-refractivity contribution in [2.75, 3.05) is 17.3 Å². The standard InChI is InChI=1S/C9H14N2O2S/c1-7-6-8(11-13-7)10-9(12)4-3-5-14-2/h6H,3-5H2,1-2H3,(H,10,11,12). The van der Waals surface area contributed by atoms with Gasteiger partial charge in [0.05, 0.1) is 0 Å². The first kappa shape index (κ1) is 11.1. The molecule has 0 fully saturated rings. The number of hydrogen-bond acceptors (Lipinski definition) is 4. The van der Waals surface area contributed by atoms with Crippen LogP contribution in [0.4, 0.5) is 5.82 Å². The molecule has 1 N–H and O–H groups in total. The Balaban J connectivity index is 2.27. The van der Waals surface area contributed by atoms with E-state index in [-0.39, 0.29) is 5.91 Å². The van der Waals surface area contributed by atoms with Crippen LogP contribution < -0.4 is 5.32 Å². The summed E-state index contributed by atoms with van der Waals surface area (Å²) >= 11 is 1.74. The highest BCUT2D eigenvalue weighted by atomic mass is 32.2. The molecule has 1 rings (SSSR count). The second-order valence-corrected chi connectivity index (χ2v) is 3.95. The number of amides is 1. The lowest BCUT2D eigenvalue weighted by Gasteiger charge is -1.99. The molecule has 5 heteroatoms. The van der Waals surface area contributed by atoms with Crippen molar-refractivity contribution in [3.8, 4) is 0 Å². The summed E-state index contributed by atoms with van der Waals surface area (Å²) in [5, 5.41) is 6.34. The van der Waals surface area contributed by atoms with Crippen LogP contribution in [-0.2, 0) is 4.79 Å². The molecule has 0 spiro atoms. The minimum atomic E-state index is -0.00708. The zero-order valence-corrected chi connectivity index (χ0v) is 9.19. The smallest absolute Gasteiger partial charge is 0.225 e. The van der Waals surface area contributed by atoms with Crippen molar-refractivity contribution in [1.29, 1.82) is 0 Å². The molecule has 0 unspecified atom stereocenters. The largest absolute Gasteiger partial charge is 0.360 e. The highest BCUT2D eigenvalue weighted by Gasteiger charge is 2.04. The molecule has 0 bridgehead atoms. The summed E-state index contributed by atoms with van der Waals surface area (Å²) in [6.45, 7) is 1.79. The molecule has 1 amide bonds. The Morgan fingerprint density at radius 1 is 1.71 bits per heavy atom. The van der Waals surface area contributed by atoms with Crippen LogP contribution in [0.15, 0.2) is 10.6 Å². The summed E-state index contributed by atoms with van der Waals surface area (Å²) in [7, 11) is 0. The summed E-state index contributed by atoms with van der Waals surface area (Å²) in [5.74, 6) is 2.19. The number of thioether (sulfide) groups is 1. The number of carbonyl (C=O) groups is 1. The number of hydrogen-bond donors (Lipinski definition) is 1. The van der Waals surface area contributed by atoms with Crippen LogP contribution in [0.2, 0.25) is 0 Å². The first-order valence-electron chi connectivity index (χ1n) is 4.44. The third-order valence-corrected chi connectivity index (χ3v) is 2.34. The topological polar surface area (TPSA) is 55.1 Å². The van der Waals surface area contributed by atoms with Gasteiger partial charge >= 0.3 is 0 Å². The second kappa shape index (κ2) is 5.70. The minimum Gasteiger partial charge on any atom is -0.360 e. The van der Waals surface area contributed by atoms with Crippen LogP contribution in [0.25, 0.3) is 0 Å². The molecule has 0 aromatic carbocycles. The Bertz CT molecular complexity index is 299. The summed E-state index contributed by atoms with van der Waals surface area (Å²) in [6.07, 6.45) is 3.45. The zero-order chi connectivity index (χ0) is 10.4. The van der Waals surface area contributed by atoms with Crippen LogP contribution in [0.1, 0.15) is 18.6 Å². The average Bonchev–Trinajstić information content (AvgIpc) is 2.52. The van der Waals surface area contributed by atoms with E-state index >= 15 is 0 Å². The number of carbonyl (C=O) groups excluding carboxylic acids is 1. The van der Waals surface area contributed by atoms with E-state index < -0.39 is 0 Å². The van der Waals surface area contributed by atoms with Crippen LogP contribution in [0, 0.1) is 6.92 Å². The summed E-state index contributed by atoms with van der Waals surface area (Å²) < 4.78 is 4.82. The van der Waals surface area contributed by atoms with Crippen molar-refractivity contribution in [1.82, 2.24) is 5.16 Å². The number of anilines is 1. The normalized spacial score (nSPS) is 10.1. The second-order valence-electron chi connectivity index (χ2n) is 2.97. The van der Waals surface area contributed by atoms with Crippen LogP contribution >= 0.6 is 11.8 Å². The molecule has 0 saturated carbocycles. The minimum absolute atomic E-state index is 0.00708. The molecule has 0 aliphatic carbocycles. The quantitative estimate of drug-likeness (QED) is 0.762. The van der Waals surface area contributed by atoms with E-state index in [9.17, 15) is 4.79 Å². The lowest BCUT2D eigenvalue weighted by molar-refractivity contribution is -0.116. The maximum atomic E-state index is 11.3. The number of aromatic nitrogens is 1. The van der Waals surface area contributed by atoms with Gasteiger partial charge in [0.15, 0.2) is 5.82 Å². The first-order valence-corrected chi connectivity index (χ1v) is 5.84. The van der Waals surface area contributed by atoms with Crippen molar-refractivity contribution in [3.05, 3.63) is 11.8 Å². The molecular weight excluding hydrogens is 200 g/mol. The fourth-order valence-electron chi connectivity index (χ4n) is 1.01. The van der Waals surface area contributed by atoms with Crippen molar-refractivity contribution >= 4 is 23.5 Å². The van der Waals surface area contributed by atoms with Gasteiger partial charge in [-0.05, 0) is 25.4 Å². The van der Waals surface area contributed by atoms with Crippen LogP contribution in [-0.4, -0.2) is 23.1 Å². The third-order valence-electron chi connectivity index (χ3n) is 1.65. The summed E-state index contributed by atoms with van der Waals surface area (Å²) in [5.41, 5.74) is 0. The van der Waals surface area contributed by atoms with E-state index in [1.54, 1.807) is 24.8 Å².